The van der Waals surface area contributed by atoms with E-state index in [0.717, 1.165) is 25.7 Å². The van der Waals surface area contributed by atoms with Crippen molar-refractivity contribution in [1.29, 1.82) is 0 Å². The van der Waals surface area contributed by atoms with E-state index in [0.29, 0.717) is 0 Å². The van der Waals surface area contributed by atoms with Crippen LogP contribution in [0.3, 0.4) is 0 Å². The van der Waals surface area contributed by atoms with Gasteiger partial charge in [0.15, 0.2) is 0 Å². The second-order valence-electron chi connectivity index (χ2n) is 4.69. The number of carboxylic acid groups (broad SMARTS) is 1. The second-order valence-corrected chi connectivity index (χ2v) is 6.53. The minimum absolute atomic E-state index is 0.0996. The van der Waals surface area contributed by atoms with Crippen molar-refractivity contribution in [2.24, 2.45) is 0 Å². The molecular formula is C10H19NO4S. The third kappa shape index (κ3) is 4.49. The van der Waals surface area contributed by atoms with Crippen LogP contribution < -0.4 is 4.72 Å². The zero-order valence-electron chi connectivity index (χ0n) is 9.53. The summed E-state index contributed by atoms with van der Waals surface area (Å²) >= 11 is 0. The Labute approximate surface area is 96.3 Å². The molecule has 5 nitrogen and oxygen atoms in total. The van der Waals surface area contributed by atoms with Crippen LogP contribution in [-0.2, 0) is 14.8 Å². The van der Waals surface area contributed by atoms with Crippen molar-refractivity contribution in [3.8, 4) is 0 Å². The zero-order chi connectivity index (χ0) is 12.2. The van der Waals surface area contributed by atoms with Crippen LogP contribution in [0.5, 0.6) is 0 Å². The molecule has 0 radical (unpaired) electrons. The van der Waals surface area contributed by atoms with Gasteiger partial charge in [-0.3, -0.25) is 4.79 Å². The number of sulfonamides is 1. The summed E-state index contributed by atoms with van der Waals surface area (Å²) < 4.78 is 26.0. The fourth-order valence-corrected chi connectivity index (χ4v) is 3.68. The normalized spacial score (nSPS) is 19.8. The smallest absolute Gasteiger partial charge is 0.303 e. The molecule has 0 aromatic rings. The van der Waals surface area contributed by atoms with Gasteiger partial charge >= 0.3 is 5.97 Å². The number of carboxylic acids is 1. The molecule has 0 aliphatic heterocycles. The highest BCUT2D eigenvalue weighted by Crippen LogP contribution is 2.29. The Morgan fingerprint density at radius 2 is 1.94 bits per heavy atom. The van der Waals surface area contributed by atoms with E-state index < -0.39 is 16.0 Å². The Morgan fingerprint density at radius 1 is 1.38 bits per heavy atom. The minimum atomic E-state index is -3.33. The molecule has 0 unspecified atom stereocenters. The molecule has 0 aromatic carbocycles. The molecule has 1 aliphatic rings. The maximum Gasteiger partial charge on any atom is 0.303 e. The molecular weight excluding hydrogens is 230 g/mol. The van der Waals surface area contributed by atoms with E-state index in [4.69, 9.17) is 5.11 Å². The van der Waals surface area contributed by atoms with Crippen molar-refractivity contribution in [2.75, 3.05) is 5.75 Å². The van der Waals surface area contributed by atoms with Gasteiger partial charge in [-0.15, -0.1) is 0 Å². The highest BCUT2D eigenvalue weighted by atomic mass is 32.2. The van der Waals surface area contributed by atoms with Crippen LogP contribution >= 0.6 is 0 Å². The summed E-state index contributed by atoms with van der Waals surface area (Å²) in [5.41, 5.74) is -0.317. The van der Waals surface area contributed by atoms with Crippen LogP contribution in [0.1, 0.15) is 45.4 Å². The maximum atomic E-state index is 11.7. The number of hydrogen-bond acceptors (Lipinski definition) is 3. The van der Waals surface area contributed by atoms with Gasteiger partial charge in [-0.05, 0) is 26.2 Å². The van der Waals surface area contributed by atoms with Crippen molar-refractivity contribution >= 4 is 16.0 Å². The monoisotopic (exact) mass is 249 g/mol. The van der Waals surface area contributed by atoms with Gasteiger partial charge in [-0.2, -0.15) is 0 Å². The lowest BCUT2D eigenvalue weighted by Gasteiger charge is -2.24. The van der Waals surface area contributed by atoms with Gasteiger partial charge in [0, 0.05) is 12.0 Å². The number of nitrogens with one attached hydrogen (secondary N) is 1. The molecule has 0 atom stereocenters. The van der Waals surface area contributed by atoms with Crippen LogP contribution in [0.15, 0.2) is 0 Å². The lowest BCUT2D eigenvalue weighted by atomic mass is 10.0. The van der Waals surface area contributed by atoms with Crippen LogP contribution in [0.25, 0.3) is 0 Å². The summed E-state index contributed by atoms with van der Waals surface area (Å²) in [5.74, 6) is -1.06. The molecule has 0 spiro atoms. The first-order valence-corrected chi connectivity index (χ1v) is 7.22. The van der Waals surface area contributed by atoms with E-state index in [1.807, 2.05) is 6.92 Å². The standard InChI is InChI=1S/C10H19NO4S/c1-10(6-2-3-7-10)11-16(14,15)8-4-5-9(12)13/h11H,2-8H2,1H3,(H,12,13). The van der Waals surface area contributed by atoms with E-state index >= 15 is 0 Å². The Hall–Kier alpha value is -0.620. The Kier molecular flexibility index (Phi) is 4.32. The van der Waals surface area contributed by atoms with Gasteiger partial charge < -0.3 is 5.11 Å². The molecule has 1 rings (SSSR count). The van der Waals surface area contributed by atoms with Crippen molar-refractivity contribution in [2.45, 2.75) is 51.0 Å². The van der Waals surface area contributed by atoms with E-state index in [2.05, 4.69) is 4.72 Å². The molecule has 0 bridgehead atoms. The summed E-state index contributed by atoms with van der Waals surface area (Å²) in [4.78, 5) is 10.3. The van der Waals surface area contributed by atoms with Crippen LogP contribution in [-0.4, -0.2) is 30.8 Å². The van der Waals surface area contributed by atoms with Crippen LogP contribution in [0.4, 0.5) is 0 Å². The predicted octanol–water partition coefficient (Wildman–Crippen LogP) is 1.10. The van der Waals surface area contributed by atoms with Gasteiger partial charge in [-0.25, -0.2) is 13.1 Å². The summed E-state index contributed by atoms with van der Waals surface area (Å²) in [5, 5.41) is 8.43. The van der Waals surface area contributed by atoms with Crippen molar-refractivity contribution < 1.29 is 18.3 Å². The number of aliphatic carboxylic acids is 1. The molecule has 1 saturated carbocycles. The Balaban J connectivity index is 2.42. The van der Waals surface area contributed by atoms with Crippen molar-refractivity contribution in [1.82, 2.24) is 4.72 Å². The van der Waals surface area contributed by atoms with Crippen molar-refractivity contribution in [3.05, 3.63) is 0 Å². The molecule has 6 heteroatoms. The summed E-state index contributed by atoms with van der Waals surface area (Å²) in [6, 6.07) is 0. The fourth-order valence-electron chi connectivity index (χ4n) is 2.10. The lowest BCUT2D eigenvalue weighted by molar-refractivity contribution is -0.137. The highest BCUT2D eigenvalue weighted by molar-refractivity contribution is 7.89. The maximum absolute atomic E-state index is 11.7. The van der Waals surface area contributed by atoms with Gasteiger partial charge in [-0.1, -0.05) is 12.8 Å². The first kappa shape index (κ1) is 13.4. The number of rotatable bonds is 6. The summed E-state index contributed by atoms with van der Waals surface area (Å²) in [6.07, 6.45) is 3.90. The highest BCUT2D eigenvalue weighted by Gasteiger charge is 2.32. The molecule has 1 aliphatic carbocycles. The molecule has 0 amide bonds. The van der Waals surface area contributed by atoms with Crippen LogP contribution in [0, 0.1) is 0 Å². The fraction of sp³-hybridized carbons (Fsp3) is 0.900. The molecule has 2 N–H and O–H groups in total. The summed E-state index contributed by atoms with van der Waals surface area (Å²) in [7, 11) is -3.33. The van der Waals surface area contributed by atoms with E-state index in [1.54, 1.807) is 0 Å². The lowest BCUT2D eigenvalue weighted by Crippen LogP contribution is -2.44. The van der Waals surface area contributed by atoms with E-state index in [9.17, 15) is 13.2 Å². The third-order valence-electron chi connectivity index (χ3n) is 2.91. The Morgan fingerprint density at radius 3 is 2.44 bits per heavy atom. The second kappa shape index (κ2) is 5.14. The molecule has 94 valence electrons. The molecule has 0 aromatic heterocycles. The molecule has 1 fully saturated rings. The number of carbonyl (C=O) groups is 1. The predicted molar refractivity (Wildman–Crippen MR) is 60.7 cm³/mol. The number of hydrogen-bond donors (Lipinski definition) is 2. The zero-order valence-corrected chi connectivity index (χ0v) is 10.3. The average molecular weight is 249 g/mol. The van der Waals surface area contributed by atoms with Gasteiger partial charge in [0.2, 0.25) is 10.0 Å². The van der Waals surface area contributed by atoms with Crippen LogP contribution in [0.2, 0.25) is 0 Å². The van der Waals surface area contributed by atoms with Crippen molar-refractivity contribution in [3.63, 3.8) is 0 Å². The quantitative estimate of drug-likeness (QED) is 0.738. The van der Waals surface area contributed by atoms with E-state index in [1.165, 1.54) is 0 Å². The molecule has 16 heavy (non-hydrogen) atoms. The van der Waals surface area contributed by atoms with Gasteiger partial charge in [0.05, 0.1) is 5.75 Å². The summed E-state index contributed by atoms with van der Waals surface area (Å²) in [6.45, 7) is 1.91. The van der Waals surface area contributed by atoms with Gasteiger partial charge in [0.1, 0.15) is 0 Å². The topological polar surface area (TPSA) is 83.5 Å². The molecule has 0 saturated heterocycles. The third-order valence-corrected chi connectivity index (χ3v) is 4.54. The largest absolute Gasteiger partial charge is 0.481 e. The average Bonchev–Trinajstić information content (AvgIpc) is 2.49. The van der Waals surface area contributed by atoms with Gasteiger partial charge in [0.25, 0.3) is 0 Å². The SMILES string of the molecule is CC1(NS(=O)(=O)CCCC(=O)O)CCCC1. The molecule has 0 heterocycles. The minimum Gasteiger partial charge on any atom is -0.481 e. The first-order chi connectivity index (χ1) is 7.33. The Bertz CT molecular complexity index is 344. The first-order valence-electron chi connectivity index (χ1n) is 5.56. The van der Waals surface area contributed by atoms with E-state index in [-0.39, 0.29) is 24.1 Å².